The molecule has 30 heavy (non-hydrogen) atoms. The molecule has 5 heteroatoms. The van der Waals surface area contributed by atoms with Crippen LogP contribution in [0, 0.1) is 12.7 Å². The molecule has 1 N–H and O–H groups in total. The van der Waals surface area contributed by atoms with Gasteiger partial charge in [0.15, 0.2) is 0 Å². The molecule has 4 aromatic rings. The molecule has 0 unspecified atom stereocenters. The molecule has 4 rings (SSSR count). The summed E-state index contributed by atoms with van der Waals surface area (Å²) >= 11 is 0. The first-order valence-electron chi connectivity index (χ1n) is 9.56. The lowest BCUT2D eigenvalue weighted by atomic mass is 10.1. The van der Waals surface area contributed by atoms with Gasteiger partial charge in [-0.3, -0.25) is 4.79 Å². The largest absolute Gasteiger partial charge is 0.322 e. The van der Waals surface area contributed by atoms with E-state index >= 15 is 0 Å². The molecule has 1 heterocycles. The minimum atomic E-state index is -0.309. The monoisotopic (exact) mass is 397 g/mol. The van der Waals surface area contributed by atoms with Crippen LogP contribution >= 0.6 is 0 Å². The molecule has 3 aromatic carbocycles. The van der Waals surface area contributed by atoms with E-state index < -0.39 is 0 Å². The number of para-hydroxylation sites is 2. The van der Waals surface area contributed by atoms with E-state index in [0.717, 1.165) is 28.1 Å². The van der Waals surface area contributed by atoms with Gasteiger partial charge < -0.3 is 5.32 Å². The number of carbonyl (C=O) groups excluding carboxylic acids is 1. The Morgan fingerprint density at radius 2 is 1.67 bits per heavy atom. The molecule has 4 nitrogen and oxygen atoms in total. The van der Waals surface area contributed by atoms with Crippen LogP contribution in [0.4, 0.5) is 10.1 Å². The van der Waals surface area contributed by atoms with Crippen molar-refractivity contribution in [3.8, 4) is 16.9 Å². The van der Waals surface area contributed by atoms with E-state index in [4.69, 9.17) is 0 Å². The Bertz CT molecular complexity index is 1190. The summed E-state index contributed by atoms with van der Waals surface area (Å²) < 4.78 is 15.1. The van der Waals surface area contributed by atoms with Crippen molar-refractivity contribution in [2.45, 2.75) is 6.92 Å². The van der Waals surface area contributed by atoms with Crippen molar-refractivity contribution in [2.75, 3.05) is 5.32 Å². The lowest BCUT2D eigenvalue weighted by Gasteiger charge is -2.05. The van der Waals surface area contributed by atoms with Gasteiger partial charge in [0.25, 0.3) is 0 Å². The van der Waals surface area contributed by atoms with Crippen LogP contribution in [0.15, 0.2) is 91.1 Å². The smallest absolute Gasteiger partial charge is 0.248 e. The molecular weight excluding hydrogens is 377 g/mol. The Morgan fingerprint density at radius 3 is 2.40 bits per heavy atom. The first-order chi connectivity index (χ1) is 14.6. The first kappa shape index (κ1) is 19.3. The third-order valence-corrected chi connectivity index (χ3v) is 4.70. The number of amides is 1. The van der Waals surface area contributed by atoms with Gasteiger partial charge in [-0.1, -0.05) is 36.4 Å². The number of nitrogens with zero attached hydrogens (tertiary/aromatic N) is 2. The summed E-state index contributed by atoms with van der Waals surface area (Å²) in [6.45, 7) is 1.94. The predicted molar refractivity (Wildman–Crippen MR) is 118 cm³/mol. The SMILES string of the molecule is Cc1ccccc1NC(=O)/C=C/c1cn(-c2ccccc2)nc1-c1ccc(F)cc1. The quantitative estimate of drug-likeness (QED) is 0.443. The van der Waals surface area contributed by atoms with Crippen LogP contribution in [0.1, 0.15) is 11.1 Å². The number of carbonyl (C=O) groups is 1. The van der Waals surface area contributed by atoms with E-state index in [9.17, 15) is 9.18 Å². The van der Waals surface area contributed by atoms with Gasteiger partial charge in [0, 0.05) is 29.1 Å². The van der Waals surface area contributed by atoms with Gasteiger partial charge in [0.1, 0.15) is 5.82 Å². The topological polar surface area (TPSA) is 46.9 Å². The van der Waals surface area contributed by atoms with Crippen LogP contribution < -0.4 is 5.32 Å². The second-order valence-electron chi connectivity index (χ2n) is 6.86. The maximum absolute atomic E-state index is 13.4. The van der Waals surface area contributed by atoms with Crippen LogP contribution in [-0.2, 0) is 4.79 Å². The molecule has 0 spiro atoms. The van der Waals surface area contributed by atoms with Crippen molar-refractivity contribution in [1.82, 2.24) is 9.78 Å². The van der Waals surface area contributed by atoms with Gasteiger partial charge in [-0.15, -0.1) is 0 Å². The highest BCUT2D eigenvalue weighted by molar-refractivity contribution is 6.02. The second kappa shape index (κ2) is 8.57. The highest BCUT2D eigenvalue weighted by Crippen LogP contribution is 2.25. The van der Waals surface area contributed by atoms with Gasteiger partial charge in [-0.25, -0.2) is 9.07 Å². The number of aryl methyl sites for hydroxylation is 1. The Balaban J connectivity index is 1.66. The van der Waals surface area contributed by atoms with Crippen LogP contribution in [0.5, 0.6) is 0 Å². The molecule has 1 aromatic heterocycles. The third kappa shape index (κ3) is 4.36. The fraction of sp³-hybridized carbons (Fsp3) is 0.0400. The Hall–Kier alpha value is -3.99. The van der Waals surface area contributed by atoms with E-state index in [-0.39, 0.29) is 11.7 Å². The fourth-order valence-corrected chi connectivity index (χ4v) is 3.11. The average Bonchev–Trinajstić information content (AvgIpc) is 3.19. The average molecular weight is 397 g/mol. The summed E-state index contributed by atoms with van der Waals surface area (Å²) in [6, 6.07) is 23.4. The molecule has 0 radical (unpaired) electrons. The number of anilines is 1. The van der Waals surface area contributed by atoms with Gasteiger partial charge in [0.2, 0.25) is 5.91 Å². The number of aromatic nitrogens is 2. The number of hydrogen-bond donors (Lipinski definition) is 1. The summed E-state index contributed by atoms with van der Waals surface area (Å²) in [5, 5.41) is 7.55. The summed E-state index contributed by atoms with van der Waals surface area (Å²) in [6.07, 6.45) is 5.05. The zero-order valence-corrected chi connectivity index (χ0v) is 16.4. The second-order valence-corrected chi connectivity index (χ2v) is 6.86. The van der Waals surface area contributed by atoms with Gasteiger partial charge in [0.05, 0.1) is 11.4 Å². The molecule has 0 aliphatic carbocycles. The zero-order valence-electron chi connectivity index (χ0n) is 16.4. The van der Waals surface area contributed by atoms with E-state index in [2.05, 4.69) is 10.4 Å². The van der Waals surface area contributed by atoms with Gasteiger partial charge in [-0.2, -0.15) is 5.10 Å². The Kier molecular flexibility index (Phi) is 5.52. The van der Waals surface area contributed by atoms with E-state index in [1.807, 2.05) is 67.7 Å². The van der Waals surface area contributed by atoms with E-state index in [0.29, 0.717) is 5.69 Å². The number of halogens is 1. The minimum Gasteiger partial charge on any atom is -0.322 e. The molecule has 0 saturated heterocycles. The van der Waals surface area contributed by atoms with Gasteiger partial charge in [-0.05, 0) is 61.0 Å². The van der Waals surface area contributed by atoms with Crippen molar-refractivity contribution < 1.29 is 9.18 Å². The van der Waals surface area contributed by atoms with Crippen molar-refractivity contribution in [1.29, 1.82) is 0 Å². The van der Waals surface area contributed by atoms with Crippen molar-refractivity contribution >= 4 is 17.7 Å². The van der Waals surface area contributed by atoms with Crippen molar-refractivity contribution in [3.63, 3.8) is 0 Å². The Morgan fingerprint density at radius 1 is 0.967 bits per heavy atom. The van der Waals surface area contributed by atoms with Crippen LogP contribution in [-0.4, -0.2) is 15.7 Å². The highest BCUT2D eigenvalue weighted by atomic mass is 19.1. The summed E-state index contributed by atoms with van der Waals surface area (Å²) in [5.74, 6) is -0.544. The normalized spacial score (nSPS) is 11.0. The molecule has 0 aliphatic rings. The molecule has 148 valence electrons. The van der Waals surface area contributed by atoms with Crippen LogP contribution in [0.25, 0.3) is 23.0 Å². The highest BCUT2D eigenvalue weighted by Gasteiger charge is 2.11. The summed E-state index contributed by atoms with van der Waals surface area (Å²) in [7, 11) is 0. The number of nitrogens with one attached hydrogen (secondary N) is 1. The fourth-order valence-electron chi connectivity index (χ4n) is 3.11. The predicted octanol–water partition coefficient (Wildman–Crippen LogP) is 5.64. The number of hydrogen-bond acceptors (Lipinski definition) is 2. The molecule has 0 atom stereocenters. The number of rotatable bonds is 5. The molecule has 0 saturated carbocycles. The Labute approximate surface area is 174 Å². The standard InChI is InChI=1S/C25H20FN3O/c1-18-7-5-6-10-23(18)27-24(30)16-13-20-17-29(22-8-3-2-4-9-22)28-25(20)19-11-14-21(26)15-12-19/h2-17H,1H3,(H,27,30)/b16-13+. The molecule has 0 bridgehead atoms. The third-order valence-electron chi connectivity index (χ3n) is 4.70. The molecule has 0 aliphatic heterocycles. The van der Waals surface area contributed by atoms with Crippen molar-refractivity contribution in [2.24, 2.45) is 0 Å². The van der Waals surface area contributed by atoms with E-state index in [1.165, 1.54) is 18.2 Å². The van der Waals surface area contributed by atoms with E-state index in [1.54, 1.807) is 22.9 Å². The zero-order chi connectivity index (χ0) is 20.9. The molecule has 0 fully saturated rings. The lowest BCUT2D eigenvalue weighted by Crippen LogP contribution is -2.08. The summed E-state index contributed by atoms with van der Waals surface area (Å²) in [5.41, 5.74) is 4.84. The minimum absolute atomic E-state index is 0.234. The lowest BCUT2D eigenvalue weighted by molar-refractivity contribution is -0.111. The first-order valence-corrected chi connectivity index (χ1v) is 9.56. The van der Waals surface area contributed by atoms with Gasteiger partial charge >= 0.3 is 0 Å². The summed E-state index contributed by atoms with van der Waals surface area (Å²) in [4.78, 5) is 12.4. The van der Waals surface area contributed by atoms with Crippen molar-refractivity contribution in [3.05, 3.63) is 108 Å². The maximum Gasteiger partial charge on any atom is 0.248 e. The van der Waals surface area contributed by atoms with Crippen LogP contribution in [0.2, 0.25) is 0 Å². The maximum atomic E-state index is 13.4. The number of benzene rings is 3. The molecular formula is C25H20FN3O. The van der Waals surface area contributed by atoms with Crippen LogP contribution in [0.3, 0.4) is 0 Å². The molecule has 1 amide bonds.